The first-order valence-electron chi connectivity index (χ1n) is 10.6. The van der Waals surface area contributed by atoms with Crippen molar-refractivity contribution >= 4 is 22.1 Å². The Bertz CT molecular complexity index is 565. The van der Waals surface area contributed by atoms with Crippen molar-refractivity contribution in [1.82, 2.24) is 6.15 Å². The average molecular weight is 440 g/mol. The molecule has 6 N–H and O–H groups in total. The molecule has 0 aliphatic carbocycles. The first-order valence-corrected chi connectivity index (χ1v) is 12.0. The third-order valence-electron chi connectivity index (χ3n) is 5.43. The predicted molar refractivity (Wildman–Crippen MR) is 114 cm³/mol. The topological polar surface area (TPSA) is 164 Å². The molecule has 0 bridgehead atoms. The van der Waals surface area contributed by atoms with Crippen LogP contribution in [0.15, 0.2) is 0 Å². The van der Waals surface area contributed by atoms with E-state index in [9.17, 15) is 32.8 Å². The summed E-state index contributed by atoms with van der Waals surface area (Å²) < 4.78 is 31.3. The molecule has 0 aromatic heterocycles. The van der Waals surface area contributed by atoms with Gasteiger partial charge in [-0.05, 0) is 12.8 Å². The number of rotatable bonds is 18. The zero-order valence-electron chi connectivity index (χ0n) is 18.1. The second-order valence-corrected chi connectivity index (χ2v) is 9.31. The van der Waals surface area contributed by atoms with Gasteiger partial charge in [0.25, 0.3) is 10.1 Å². The molecule has 0 amide bonds. The van der Waals surface area contributed by atoms with E-state index in [2.05, 4.69) is 13.8 Å². The molecule has 0 aromatic carbocycles. The third kappa shape index (κ3) is 9.91. The van der Waals surface area contributed by atoms with E-state index in [1.165, 1.54) is 0 Å². The Labute approximate surface area is 175 Å². The number of aliphatic carboxylic acids is 2. The van der Waals surface area contributed by atoms with Gasteiger partial charge in [-0.15, -0.1) is 0 Å². The van der Waals surface area contributed by atoms with Gasteiger partial charge in [-0.1, -0.05) is 90.9 Å². The summed E-state index contributed by atoms with van der Waals surface area (Å²) in [6.45, 7) is 4.14. The smallest absolute Gasteiger partial charge is 0.328 e. The molecule has 0 aromatic rings. The first-order chi connectivity index (χ1) is 13.1. The first kappa shape index (κ1) is 30.0. The molecule has 0 spiro atoms. The highest BCUT2D eigenvalue weighted by molar-refractivity contribution is 7.88. The molecule has 0 aliphatic heterocycles. The summed E-state index contributed by atoms with van der Waals surface area (Å²) in [5.41, 5.74) is 0. The normalized spacial score (nSPS) is 14.6. The number of hydrogen-bond donors (Lipinski definition) is 4. The monoisotopic (exact) mass is 439 g/mol. The van der Waals surface area contributed by atoms with Crippen molar-refractivity contribution < 1.29 is 32.8 Å². The van der Waals surface area contributed by atoms with Gasteiger partial charge in [-0.25, -0.2) is 0 Å². The third-order valence-corrected chi connectivity index (χ3v) is 7.02. The highest BCUT2D eigenvalue weighted by Crippen LogP contribution is 2.36. The number of carboxylic acid groups (broad SMARTS) is 2. The molecule has 2 unspecified atom stereocenters. The standard InChI is InChI=1S/C20H38O7S.H3N/c1-3-5-7-9-11-13-15-17(18(21)22)20(19(23)24,28(25,26)27)16-14-12-10-8-6-4-2;/h17H,3-16H2,1-2H3,(H,21,22)(H,23,24)(H,25,26,27);1H3. The maximum atomic E-state index is 12.1. The van der Waals surface area contributed by atoms with Crippen molar-refractivity contribution in [2.24, 2.45) is 5.92 Å². The molecular formula is C20H41NO7S. The molecule has 29 heavy (non-hydrogen) atoms. The van der Waals surface area contributed by atoms with Crippen LogP contribution in [0, 0.1) is 5.92 Å². The second-order valence-electron chi connectivity index (χ2n) is 7.63. The number of carbonyl (C=O) groups is 2. The van der Waals surface area contributed by atoms with Crippen molar-refractivity contribution in [3.63, 3.8) is 0 Å². The number of carboxylic acids is 2. The van der Waals surface area contributed by atoms with Crippen LogP contribution in [-0.4, -0.2) is 39.9 Å². The minimum Gasteiger partial charge on any atom is -0.481 e. The number of hydrogen-bond acceptors (Lipinski definition) is 5. The van der Waals surface area contributed by atoms with Gasteiger partial charge in [0.15, 0.2) is 0 Å². The molecule has 0 heterocycles. The average Bonchev–Trinajstić information content (AvgIpc) is 2.60. The summed E-state index contributed by atoms with van der Waals surface area (Å²) >= 11 is 0. The SMILES string of the molecule is CCCCCCCCC(C(=O)O)C(CCCCCCCC)(C(=O)O)S(=O)(=O)O.N. The minimum absolute atomic E-state index is 0. The highest BCUT2D eigenvalue weighted by atomic mass is 32.2. The van der Waals surface area contributed by atoms with Crippen molar-refractivity contribution in [3.8, 4) is 0 Å². The molecule has 8 nitrogen and oxygen atoms in total. The van der Waals surface area contributed by atoms with Gasteiger partial charge in [0.05, 0.1) is 5.92 Å². The molecule has 174 valence electrons. The lowest BCUT2D eigenvalue weighted by molar-refractivity contribution is -0.152. The molecule has 0 rings (SSSR count). The van der Waals surface area contributed by atoms with E-state index in [0.717, 1.165) is 51.4 Å². The Morgan fingerprint density at radius 1 is 0.793 bits per heavy atom. The molecule has 9 heteroatoms. The van der Waals surface area contributed by atoms with E-state index in [4.69, 9.17) is 0 Å². The molecule has 0 saturated carbocycles. The predicted octanol–water partition coefficient (Wildman–Crippen LogP) is 5.06. The lowest BCUT2D eigenvalue weighted by Crippen LogP contribution is -2.55. The lowest BCUT2D eigenvalue weighted by atomic mass is 9.82. The summed E-state index contributed by atoms with van der Waals surface area (Å²) in [7, 11) is -5.10. The van der Waals surface area contributed by atoms with Gasteiger partial charge in [0.2, 0.25) is 4.75 Å². The minimum atomic E-state index is -5.10. The molecular weight excluding hydrogens is 398 g/mol. The molecule has 0 aliphatic rings. The Hall–Kier alpha value is -1.19. The highest BCUT2D eigenvalue weighted by Gasteiger charge is 2.58. The molecule has 0 saturated heterocycles. The Kier molecular flexibility index (Phi) is 16.2. The van der Waals surface area contributed by atoms with Crippen LogP contribution in [0.5, 0.6) is 0 Å². The summed E-state index contributed by atoms with van der Waals surface area (Å²) in [6.07, 6.45) is 9.43. The van der Waals surface area contributed by atoms with Crippen LogP contribution in [0.25, 0.3) is 0 Å². The van der Waals surface area contributed by atoms with Crippen LogP contribution in [-0.2, 0) is 19.7 Å². The Morgan fingerprint density at radius 2 is 1.21 bits per heavy atom. The second kappa shape index (κ2) is 15.6. The van der Waals surface area contributed by atoms with Crippen LogP contribution in [0.3, 0.4) is 0 Å². The molecule has 0 radical (unpaired) electrons. The Balaban J connectivity index is 0. The van der Waals surface area contributed by atoms with E-state index >= 15 is 0 Å². The van der Waals surface area contributed by atoms with Crippen molar-refractivity contribution in [2.75, 3.05) is 0 Å². The largest absolute Gasteiger partial charge is 0.481 e. The van der Waals surface area contributed by atoms with Gasteiger partial charge in [-0.3, -0.25) is 14.1 Å². The zero-order valence-corrected chi connectivity index (χ0v) is 18.9. The molecule has 0 fully saturated rings. The quantitative estimate of drug-likeness (QED) is 0.170. The zero-order chi connectivity index (χ0) is 21.6. The summed E-state index contributed by atoms with van der Waals surface area (Å²) in [5.74, 6) is -4.93. The van der Waals surface area contributed by atoms with Crippen LogP contribution >= 0.6 is 0 Å². The van der Waals surface area contributed by atoms with Crippen molar-refractivity contribution in [2.45, 2.75) is 108 Å². The maximum absolute atomic E-state index is 12.1. The fraction of sp³-hybridized carbons (Fsp3) is 0.900. The van der Waals surface area contributed by atoms with Gasteiger partial charge in [0.1, 0.15) is 0 Å². The van der Waals surface area contributed by atoms with Gasteiger partial charge in [0, 0.05) is 0 Å². The summed E-state index contributed by atoms with van der Waals surface area (Å²) in [4.78, 5) is 23.8. The van der Waals surface area contributed by atoms with Gasteiger partial charge in [-0.2, -0.15) is 8.42 Å². The molecule has 2 atom stereocenters. The van der Waals surface area contributed by atoms with Crippen molar-refractivity contribution in [1.29, 1.82) is 0 Å². The van der Waals surface area contributed by atoms with E-state index < -0.39 is 32.7 Å². The van der Waals surface area contributed by atoms with Crippen LogP contribution in [0.1, 0.15) is 104 Å². The van der Waals surface area contributed by atoms with E-state index in [0.29, 0.717) is 19.3 Å². The van der Waals surface area contributed by atoms with Crippen LogP contribution in [0.2, 0.25) is 0 Å². The van der Waals surface area contributed by atoms with Crippen molar-refractivity contribution in [3.05, 3.63) is 0 Å². The lowest BCUT2D eigenvalue weighted by Gasteiger charge is -2.32. The van der Waals surface area contributed by atoms with Gasteiger partial charge >= 0.3 is 11.9 Å². The number of unbranched alkanes of at least 4 members (excludes halogenated alkanes) is 10. The fourth-order valence-corrected chi connectivity index (χ4v) is 4.90. The Morgan fingerprint density at radius 3 is 1.59 bits per heavy atom. The van der Waals surface area contributed by atoms with Crippen LogP contribution in [0.4, 0.5) is 0 Å². The van der Waals surface area contributed by atoms with E-state index in [1.54, 1.807) is 0 Å². The van der Waals surface area contributed by atoms with Gasteiger partial charge < -0.3 is 16.4 Å². The van der Waals surface area contributed by atoms with E-state index in [-0.39, 0.29) is 25.4 Å². The fourth-order valence-electron chi connectivity index (χ4n) is 3.70. The maximum Gasteiger partial charge on any atom is 0.328 e. The van der Waals surface area contributed by atoms with E-state index in [1.807, 2.05) is 0 Å². The summed E-state index contributed by atoms with van der Waals surface area (Å²) in [5, 5.41) is 19.3. The summed E-state index contributed by atoms with van der Waals surface area (Å²) in [6, 6.07) is 0. The van der Waals surface area contributed by atoms with Crippen LogP contribution < -0.4 is 6.15 Å².